The van der Waals surface area contributed by atoms with E-state index in [-0.39, 0.29) is 10.6 Å². The van der Waals surface area contributed by atoms with Crippen LogP contribution in [0.3, 0.4) is 0 Å². The van der Waals surface area contributed by atoms with E-state index in [0.29, 0.717) is 0 Å². The number of benzene rings is 1. The second-order valence-electron chi connectivity index (χ2n) is 8.72. The Morgan fingerprint density at radius 1 is 0.871 bits per heavy atom. The van der Waals surface area contributed by atoms with Crippen LogP contribution in [0, 0.1) is 10.1 Å². The number of nitrogens with zero attached hydrogens (tertiary/aromatic N) is 3. The third kappa shape index (κ3) is 9.44. The highest BCUT2D eigenvalue weighted by Crippen LogP contribution is 2.32. The molecule has 0 bridgehead atoms. The minimum absolute atomic E-state index is 0.130. The minimum Gasteiger partial charge on any atom is -0.302 e. The van der Waals surface area contributed by atoms with Gasteiger partial charge in [0.15, 0.2) is 0 Å². The Labute approximate surface area is 188 Å². The maximum absolute atomic E-state index is 11.1. The molecule has 0 radical (unpaired) electrons. The van der Waals surface area contributed by atoms with Gasteiger partial charge in [0, 0.05) is 25.2 Å². The molecule has 0 saturated carbocycles. The molecule has 1 aliphatic rings. The number of nitro groups is 1. The number of nitro benzene ring substituents is 1. The summed E-state index contributed by atoms with van der Waals surface area (Å²) in [5.74, 6) is 0. The molecular weight excluding hydrogens is 390 g/mol. The molecular formula is C24H43N5O2. The summed E-state index contributed by atoms with van der Waals surface area (Å²) in [6.45, 7) is 8.56. The van der Waals surface area contributed by atoms with E-state index in [1.807, 2.05) is 5.01 Å². The maximum atomic E-state index is 11.1. The van der Waals surface area contributed by atoms with E-state index in [4.69, 9.17) is 0 Å². The van der Waals surface area contributed by atoms with Crippen LogP contribution in [0.4, 0.5) is 17.1 Å². The number of nitrogens with one attached hydrogen (secondary N) is 2. The lowest BCUT2D eigenvalue weighted by molar-refractivity contribution is -0.384. The van der Waals surface area contributed by atoms with Crippen LogP contribution >= 0.6 is 0 Å². The van der Waals surface area contributed by atoms with Crippen LogP contribution in [0.15, 0.2) is 18.2 Å². The first-order chi connectivity index (χ1) is 15.2. The van der Waals surface area contributed by atoms with Gasteiger partial charge in [0.1, 0.15) is 0 Å². The maximum Gasteiger partial charge on any atom is 0.271 e. The number of hydrogen-bond acceptors (Lipinski definition) is 6. The zero-order valence-electron chi connectivity index (χ0n) is 19.7. The Bertz CT molecular complexity index is 624. The molecule has 0 saturated heterocycles. The zero-order chi connectivity index (χ0) is 22.3. The number of anilines is 2. The van der Waals surface area contributed by atoms with Crippen LogP contribution in [0.25, 0.3) is 0 Å². The summed E-state index contributed by atoms with van der Waals surface area (Å²) in [7, 11) is 0. The molecule has 1 aliphatic heterocycles. The van der Waals surface area contributed by atoms with E-state index in [9.17, 15) is 10.1 Å². The fourth-order valence-electron chi connectivity index (χ4n) is 4.14. The molecule has 0 atom stereocenters. The first-order valence-corrected chi connectivity index (χ1v) is 12.5. The predicted octanol–water partition coefficient (Wildman–Crippen LogP) is 6.27. The first-order valence-electron chi connectivity index (χ1n) is 12.5. The number of hydrazine groups is 2. The molecule has 0 aliphatic carbocycles. The molecule has 1 heterocycles. The average molecular weight is 434 g/mol. The molecule has 0 amide bonds. The molecule has 2 N–H and O–H groups in total. The van der Waals surface area contributed by atoms with Crippen LogP contribution in [0.5, 0.6) is 0 Å². The molecule has 7 heteroatoms. The molecule has 31 heavy (non-hydrogen) atoms. The summed E-state index contributed by atoms with van der Waals surface area (Å²) >= 11 is 0. The van der Waals surface area contributed by atoms with Crippen molar-refractivity contribution >= 4 is 17.1 Å². The summed E-state index contributed by atoms with van der Waals surface area (Å²) < 4.78 is 0. The molecule has 0 aromatic heterocycles. The summed E-state index contributed by atoms with van der Waals surface area (Å²) in [5.41, 5.74) is 8.15. The number of hydrogen-bond donors (Lipinski definition) is 2. The van der Waals surface area contributed by atoms with Crippen LogP contribution < -0.4 is 16.0 Å². The van der Waals surface area contributed by atoms with Crippen LogP contribution in [-0.4, -0.2) is 36.0 Å². The predicted molar refractivity (Wildman–Crippen MR) is 130 cm³/mol. The SMILES string of the molecule is CCCCCCCCN(CCCCCCCC)CCN1NNc2ccc([N+](=O)[O-])cc21. The van der Waals surface area contributed by atoms with Gasteiger partial charge in [0.2, 0.25) is 0 Å². The van der Waals surface area contributed by atoms with E-state index in [2.05, 4.69) is 29.7 Å². The van der Waals surface area contributed by atoms with Gasteiger partial charge in [-0.05, 0) is 32.0 Å². The van der Waals surface area contributed by atoms with Crippen LogP contribution in [0.2, 0.25) is 0 Å². The van der Waals surface area contributed by atoms with Crippen LogP contribution in [0.1, 0.15) is 90.9 Å². The molecule has 1 aromatic rings. The number of unbranched alkanes of at least 4 members (excludes halogenated alkanes) is 10. The average Bonchev–Trinajstić information content (AvgIpc) is 3.18. The lowest BCUT2D eigenvalue weighted by atomic mass is 10.1. The van der Waals surface area contributed by atoms with Gasteiger partial charge >= 0.3 is 0 Å². The summed E-state index contributed by atoms with van der Waals surface area (Å²) in [6, 6.07) is 4.96. The van der Waals surface area contributed by atoms with Gasteiger partial charge in [-0.3, -0.25) is 15.1 Å². The Kier molecular flexibility index (Phi) is 12.3. The van der Waals surface area contributed by atoms with Crippen molar-refractivity contribution in [1.82, 2.24) is 10.4 Å². The lowest BCUT2D eigenvalue weighted by Gasteiger charge is -2.26. The van der Waals surface area contributed by atoms with Crippen molar-refractivity contribution in [2.75, 3.05) is 36.6 Å². The van der Waals surface area contributed by atoms with Crippen molar-refractivity contribution in [2.24, 2.45) is 0 Å². The summed E-state index contributed by atoms with van der Waals surface area (Å²) in [5, 5.41) is 13.1. The topological polar surface area (TPSA) is 73.7 Å². The van der Waals surface area contributed by atoms with Crippen molar-refractivity contribution < 1.29 is 4.92 Å². The van der Waals surface area contributed by atoms with Crippen molar-refractivity contribution in [2.45, 2.75) is 90.9 Å². The van der Waals surface area contributed by atoms with Crippen LogP contribution in [-0.2, 0) is 0 Å². The Balaban J connectivity index is 1.81. The molecule has 1 aromatic carbocycles. The van der Waals surface area contributed by atoms with Gasteiger partial charge in [-0.15, -0.1) is 5.53 Å². The number of rotatable bonds is 18. The Morgan fingerprint density at radius 3 is 2.03 bits per heavy atom. The zero-order valence-corrected chi connectivity index (χ0v) is 19.7. The monoisotopic (exact) mass is 433 g/mol. The van der Waals surface area contributed by atoms with Crippen molar-refractivity contribution in [3.63, 3.8) is 0 Å². The molecule has 2 rings (SSSR count). The van der Waals surface area contributed by atoms with E-state index in [0.717, 1.165) is 37.6 Å². The van der Waals surface area contributed by atoms with Gasteiger partial charge in [-0.25, -0.2) is 0 Å². The fourth-order valence-corrected chi connectivity index (χ4v) is 4.14. The van der Waals surface area contributed by atoms with Gasteiger partial charge in [0.25, 0.3) is 5.69 Å². The van der Waals surface area contributed by atoms with Gasteiger partial charge < -0.3 is 10.3 Å². The third-order valence-electron chi connectivity index (χ3n) is 6.10. The lowest BCUT2D eigenvalue weighted by Crippen LogP contribution is -2.42. The fraction of sp³-hybridized carbons (Fsp3) is 0.750. The van der Waals surface area contributed by atoms with E-state index in [1.165, 1.54) is 77.0 Å². The quantitative estimate of drug-likeness (QED) is 0.161. The molecule has 0 unspecified atom stereocenters. The van der Waals surface area contributed by atoms with Crippen molar-refractivity contribution in [3.05, 3.63) is 28.3 Å². The van der Waals surface area contributed by atoms with Gasteiger partial charge in [0.05, 0.1) is 16.3 Å². The highest BCUT2D eigenvalue weighted by molar-refractivity contribution is 5.75. The van der Waals surface area contributed by atoms with Gasteiger partial charge in [-0.2, -0.15) is 0 Å². The molecule has 7 nitrogen and oxygen atoms in total. The van der Waals surface area contributed by atoms with E-state index < -0.39 is 0 Å². The highest BCUT2D eigenvalue weighted by atomic mass is 16.6. The third-order valence-corrected chi connectivity index (χ3v) is 6.10. The molecule has 0 spiro atoms. The first kappa shape index (κ1) is 25.4. The highest BCUT2D eigenvalue weighted by Gasteiger charge is 2.22. The van der Waals surface area contributed by atoms with E-state index in [1.54, 1.807) is 18.2 Å². The molecule has 176 valence electrons. The van der Waals surface area contributed by atoms with Crippen molar-refractivity contribution in [1.29, 1.82) is 0 Å². The normalized spacial score (nSPS) is 12.9. The number of non-ortho nitro benzene ring substituents is 1. The smallest absolute Gasteiger partial charge is 0.271 e. The summed E-state index contributed by atoms with van der Waals surface area (Å²) in [6.07, 6.45) is 15.8. The Hall–Kier alpha value is -1.86. The number of fused-ring (bicyclic) bond motifs is 1. The van der Waals surface area contributed by atoms with Crippen molar-refractivity contribution in [3.8, 4) is 0 Å². The minimum atomic E-state index is -0.333. The second kappa shape index (κ2) is 15.0. The largest absolute Gasteiger partial charge is 0.302 e. The Morgan fingerprint density at radius 2 is 1.45 bits per heavy atom. The second-order valence-corrected chi connectivity index (χ2v) is 8.72. The standard InChI is InChI=1S/C24H43N5O2/c1-3-5-7-9-11-13-17-27(18-14-12-10-8-6-4-2)19-20-28-24-21-22(29(30)31)15-16-23(24)25-26-28/h15-16,21,25-26H,3-14,17-20H2,1-2H3. The molecule has 0 fully saturated rings. The summed E-state index contributed by atoms with van der Waals surface area (Å²) in [4.78, 5) is 13.4. The van der Waals surface area contributed by atoms with Gasteiger partial charge in [-0.1, -0.05) is 78.1 Å². The van der Waals surface area contributed by atoms with E-state index >= 15 is 0 Å².